The summed E-state index contributed by atoms with van der Waals surface area (Å²) < 4.78 is 10.5. The minimum Gasteiger partial charge on any atom is -0.491 e. The molecular formula is C13H18O3. The first-order valence-electron chi connectivity index (χ1n) is 5.24. The summed E-state index contributed by atoms with van der Waals surface area (Å²) in [6.45, 7) is 8.06. The van der Waals surface area contributed by atoms with Gasteiger partial charge in [-0.25, -0.2) is 0 Å². The Morgan fingerprint density at radius 1 is 1.44 bits per heavy atom. The highest BCUT2D eigenvalue weighted by Gasteiger charge is 2.03. The van der Waals surface area contributed by atoms with Crippen molar-refractivity contribution in [2.45, 2.75) is 20.1 Å². The maximum absolute atomic E-state index is 9.29. The van der Waals surface area contributed by atoms with Gasteiger partial charge in [-0.05, 0) is 37.1 Å². The standard InChI is InChI=1S/C13H18O3/c1-10(2)13(14)16-8-7-15-12-6-4-5-11(3)9-12/h4-6,9,13-14H,1,7-8H2,2-3H3. The topological polar surface area (TPSA) is 38.7 Å². The second kappa shape index (κ2) is 6.30. The molecule has 0 aliphatic heterocycles. The van der Waals surface area contributed by atoms with E-state index in [4.69, 9.17) is 9.47 Å². The van der Waals surface area contributed by atoms with Crippen LogP contribution >= 0.6 is 0 Å². The Bertz CT molecular complexity index is 347. The van der Waals surface area contributed by atoms with Crippen molar-refractivity contribution in [2.75, 3.05) is 13.2 Å². The predicted molar refractivity (Wildman–Crippen MR) is 63.4 cm³/mol. The van der Waals surface area contributed by atoms with Gasteiger partial charge in [0.05, 0.1) is 6.61 Å². The van der Waals surface area contributed by atoms with Gasteiger partial charge in [0.1, 0.15) is 12.4 Å². The third kappa shape index (κ3) is 4.47. The van der Waals surface area contributed by atoms with Gasteiger partial charge in [-0.2, -0.15) is 0 Å². The van der Waals surface area contributed by atoms with Gasteiger partial charge in [0.25, 0.3) is 0 Å². The molecule has 1 aromatic carbocycles. The fraction of sp³-hybridized carbons (Fsp3) is 0.385. The van der Waals surface area contributed by atoms with Gasteiger partial charge in [-0.3, -0.25) is 0 Å². The molecule has 0 aliphatic rings. The SMILES string of the molecule is C=C(C)C(O)OCCOc1cccc(C)c1. The maximum Gasteiger partial charge on any atom is 0.176 e. The van der Waals surface area contributed by atoms with Crippen LogP contribution in [-0.4, -0.2) is 24.6 Å². The average molecular weight is 222 g/mol. The molecule has 3 nitrogen and oxygen atoms in total. The highest BCUT2D eigenvalue weighted by molar-refractivity contribution is 5.27. The zero-order chi connectivity index (χ0) is 12.0. The predicted octanol–water partition coefficient (Wildman–Crippen LogP) is 2.28. The van der Waals surface area contributed by atoms with E-state index in [0.29, 0.717) is 18.8 Å². The number of hydrogen-bond acceptors (Lipinski definition) is 3. The van der Waals surface area contributed by atoms with Crippen molar-refractivity contribution < 1.29 is 14.6 Å². The molecule has 0 aliphatic carbocycles. The number of aryl methyl sites for hydroxylation is 1. The quantitative estimate of drug-likeness (QED) is 0.456. The molecule has 3 heteroatoms. The van der Waals surface area contributed by atoms with E-state index in [1.54, 1.807) is 6.92 Å². The van der Waals surface area contributed by atoms with Crippen molar-refractivity contribution in [3.63, 3.8) is 0 Å². The second-order valence-electron chi connectivity index (χ2n) is 3.73. The fourth-order valence-corrected chi connectivity index (χ4v) is 1.17. The minimum absolute atomic E-state index is 0.335. The Morgan fingerprint density at radius 3 is 2.81 bits per heavy atom. The van der Waals surface area contributed by atoms with Gasteiger partial charge < -0.3 is 14.6 Å². The largest absolute Gasteiger partial charge is 0.491 e. The molecular weight excluding hydrogens is 204 g/mol. The molecule has 1 N–H and O–H groups in total. The first-order chi connectivity index (χ1) is 7.59. The highest BCUT2D eigenvalue weighted by Crippen LogP contribution is 2.12. The Kier molecular flexibility index (Phi) is 5.02. The number of ether oxygens (including phenoxy) is 2. The van der Waals surface area contributed by atoms with Crippen molar-refractivity contribution in [3.05, 3.63) is 42.0 Å². The second-order valence-corrected chi connectivity index (χ2v) is 3.73. The van der Waals surface area contributed by atoms with Crippen LogP contribution in [0.1, 0.15) is 12.5 Å². The third-order valence-electron chi connectivity index (χ3n) is 2.04. The van der Waals surface area contributed by atoms with Crippen LogP contribution in [0.4, 0.5) is 0 Å². The lowest BCUT2D eigenvalue weighted by Crippen LogP contribution is -2.17. The van der Waals surface area contributed by atoms with E-state index in [-0.39, 0.29) is 0 Å². The van der Waals surface area contributed by atoms with Crippen LogP contribution in [0.2, 0.25) is 0 Å². The van der Waals surface area contributed by atoms with Crippen molar-refractivity contribution >= 4 is 0 Å². The molecule has 88 valence electrons. The Balaban J connectivity index is 2.23. The zero-order valence-corrected chi connectivity index (χ0v) is 9.77. The first-order valence-corrected chi connectivity index (χ1v) is 5.24. The summed E-state index contributed by atoms with van der Waals surface area (Å²) in [6, 6.07) is 7.79. The van der Waals surface area contributed by atoms with E-state index in [2.05, 4.69) is 6.58 Å². The molecule has 0 amide bonds. The van der Waals surface area contributed by atoms with Crippen LogP contribution in [0.3, 0.4) is 0 Å². The monoisotopic (exact) mass is 222 g/mol. The smallest absolute Gasteiger partial charge is 0.176 e. The summed E-state index contributed by atoms with van der Waals surface area (Å²) in [5.74, 6) is 0.813. The summed E-state index contributed by atoms with van der Waals surface area (Å²) >= 11 is 0. The van der Waals surface area contributed by atoms with Crippen LogP contribution in [0, 0.1) is 6.92 Å². The van der Waals surface area contributed by atoms with Gasteiger partial charge in [-0.15, -0.1) is 0 Å². The summed E-state index contributed by atoms with van der Waals surface area (Å²) in [5.41, 5.74) is 1.75. The molecule has 1 unspecified atom stereocenters. The highest BCUT2D eigenvalue weighted by atomic mass is 16.6. The normalized spacial score (nSPS) is 12.2. The van der Waals surface area contributed by atoms with Crippen molar-refractivity contribution in [2.24, 2.45) is 0 Å². The lowest BCUT2D eigenvalue weighted by Gasteiger charge is -2.12. The molecule has 0 spiro atoms. The van der Waals surface area contributed by atoms with Gasteiger partial charge >= 0.3 is 0 Å². The van der Waals surface area contributed by atoms with Gasteiger partial charge in [0.15, 0.2) is 6.29 Å². The Morgan fingerprint density at radius 2 is 2.19 bits per heavy atom. The number of aliphatic hydroxyl groups is 1. The lowest BCUT2D eigenvalue weighted by atomic mass is 10.2. The molecule has 1 rings (SSSR count). The molecule has 0 radical (unpaired) electrons. The van der Waals surface area contributed by atoms with Gasteiger partial charge in [0.2, 0.25) is 0 Å². The van der Waals surface area contributed by atoms with Crippen molar-refractivity contribution in [3.8, 4) is 5.75 Å². The van der Waals surface area contributed by atoms with E-state index in [9.17, 15) is 5.11 Å². The van der Waals surface area contributed by atoms with E-state index in [1.165, 1.54) is 0 Å². The van der Waals surface area contributed by atoms with Crippen molar-refractivity contribution in [1.82, 2.24) is 0 Å². The van der Waals surface area contributed by atoms with Crippen LogP contribution in [0.25, 0.3) is 0 Å². The number of aliphatic hydroxyl groups excluding tert-OH is 1. The number of benzene rings is 1. The molecule has 0 saturated heterocycles. The molecule has 1 aromatic rings. The Hall–Kier alpha value is -1.32. The number of rotatable bonds is 6. The van der Waals surface area contributed by atoms with Crippen molar-refractivity contribution in [1.29, 1.82) is 0 Å². The summed E-state index contributed by atoms with van der Waals surface area (Å²) in [7, 11) is 0. The summed E-state index contributed by atoms with van der Waals surface area (Å²) in [5, 5.41) is 9.29. The third-order valence-corrected chi connectivity index (χ3v) is 2.04. The molecule has 0 bridgehead atoms. The zero-order valence-electron chi connectivity index (χ0n) is 9.77. The molecule has 1 atom stereocenters. The minimum atomic E-state index is -0.902. The summed E-state index contributed by atoms with van der Waals surface area (Å²) in [6.07, 6.45) is -0.902. The van der Waals surface area contributed by atoms with E-state index >= 15 is 0 Å². The van der Waals surface area contributed by atoms with E-state index in [1.807, 2.05) is 31.2 Å². The van der Waals surface area contributed by atoms with E-state index in [0.717, 1.165) is 11.3 Å². The van der Waals surface area contributed by atoms with Gasteiger partial charge in [-0.1, -0.05) is 18.7 Å². The molecule has 0 aromatic heterocycles. The van der Waals surface area contributed by atoms with E-state index < -0.39 is 6.29 Å². The lowest BCUT2D eigenvalue weighted by molar-refractivity contribution is -0.0787. The fourth-order valence-electron chi connectivity index (χ4n) is 1.17. The molecule has 0 heterocycles. The van der Waals surface area contributed by atoms with Gasteiger partial charge in [0, 0.05) is 0 Å². The average Bonchev–Trinajstić information content (AvgIpc) is 2.24. The first kappa shape index (κ1) is 12.7. The van der Waals surface area contributed by atoms with Crippen LogP contribution in [-0.2, 0) is 4.74 Å². The molecule has 0 saturated carbocycles. The molecule has 16 heavy (non-hydrogen) atoms. The maximum atomic E-state index is 9.29. The van der Waals surface area contributed by atoms with Crippen LogP contribution < -0.4 is 4.74 Å². The summed E-state index contributed by atoms with van der Waals surface area (Å²) in [4.78, 5) is 0. The Labute approximate surface area is 96.3 Å². The van der Waals surface area contributed by atoms with Crippen LogP contribution in [0.5, 0.6) is 5.75 Å². The molecule has 0 fully saturated rings. The van der Waals surface area contributed by atoms with Crippen LogP contribution in [0.15, 0.2) is 36.4 Å². The number of hydrogen-bond donors (Lipinski definition) is 1.